The molecule has 0 aliphatic heterocycles. The molecule has 1 N–H and O–H groups in total. The Labute approximate surface area is 105 Å². The second kappa shape index (κ2) is 9.02. The summed E-state index contributed by atoms with van der Waals surface area (Å²) in [5.41, 5.74) is 0. The number of rotatable bonds is 8. The zero-order valence-corrected chi connectivity index (χ0v) is 11.6. The number of nitrogens with zero attached hydrogens (tertiary/aromatic N) is 1. The molecule has 2 amide bonds. The summed E-state index contributed by atoms with van der Waals surface area (Å²) in [5.74, 6) is -0.0912. The Bertz CT molecular complexity index is 242. The fourth-order valence-corrected chi connectivity index (χ4v) is 1.50. The van der Waals surface area contributed by atoms with Crippen LogP contribution in [-0.2, 0) is 9.59 Å². The number of carbonyl (C=O) groups excluding carboxylic acids is 2. The minimum absolute atomic E-state index is 0.0274. The van der Waals surface area contributed by atoms with Gasteiger partial charge in [0.1, 0.15) is 0 Å². The van der Waals surface area contributed by atoms with Gasteiger partial charge in [0.2, 0.25) is 11.8 Å². The van der Waals surface area contributed by atoms with E-state index in [0.29, 0.717) is 6.54 Å². The van der Waals surface area contributed by atoms with Crippen LogP contribution in [0.15, 0.2) is 0 Å². The Morgan fingerprint density at radius 2 is 1.88 bits per heavy atom. The van der Waals surface area contributed by atoms with Crippen LogP contribution < -0.4 is 5.32 Å². The Morgan fingerprint density at radius 1 is 1.24 bits per heavy atom. The average Bonchev–Trinajstić information content (AvgIpc) is 2.27. The number of hydrogen-bond donors (Lipinski definition) is 1. The fourth-order valence-electron chi connectivity index (χ4n) is 1.50. The van der Waals surface area contributed by atoms with Gasteiger partial charge in [-0.1, -0.05) is 26.7 Å². The van der Waals surface area contributed by atoms with Crippen LogP contribution >= 0.6 is 0 Å². The summed E-state index contributed by atoms with van der Waals surface area (Å²) < 4.78 is 0. The van der Waals surface area contributed by atoms with Gasteiger partial charge in [-0.25, -0.2) is 0 Å². The van der Waals surface area contributed by atoms with E-state index in [4.69, 9.17) is 0 Å². The monoisotopic (exact) mass is 242 g/mol. The van der Waals surface area contributed by atoms with E-state index in [0.717, 1.165) is 25.7 Å². The van der Waals surface area contributed by atoms with Gasteiger partial charge in [-0.2, -0.15) is 0 Å². The second-order valence-electron chi connectivity index (χ2n) is 4.52. The number of nitrogens with one attached hydrogen (secondary N) is 1. The van der Waals surface area contributed by atoms with Gasteiger partial charge in [0.05, 0.1) is 6.54 Å². The predicted molar refractivity (Wildman–Crippen MR) is 69.7 cm³/mol. The largest absolute Gasteiger partial charge is 0.352 e. The Morgan fingerprint density at radius 3 is 2.35 bits per heavy atom. The van der Waals surface area contributed by atoms with Crippen molar-refractivity contribution in [3.8, 4) is 0 Å². The van der Waals surface area contributed by atoms with Crippen LogP contribution in [0.4, 0.5) is 0 Å². The lowest BCUT2D eigenvalue weighted by molar-refractivity contribution is -0.134. The molecule has 0 fully saturated rings. The molecule has 1 unspecified atom stereocenters. The van der Waals surface area contributed by atoms with E-state index in [-0.39, 0.29) is 24.4 Å². The Balaban J connectivity index is 4.06. The first-order valence-corrected chi connectivity index (χ1v) is 6.56. The summed E-state index contributed by atoms with van der Waals surface area (Å²) in [6.45, 7) is 8.48. The van der Waals surface area contributed by atoms with Crippen molar-refractivity contribution in [1.29, 1.82) is 0 Å². The summed E-state index contributed by atoms with van der Waals surface area (Å²) >= 11 is 0. The molecule has 0 saturated heterocycles. The molecule has 0 aromatic heterocycles. The van der Waals surface area contributed by atoms with E-state index in [1.54, 1.807) is 4.90 Å². The molecule has 4 nitrogen and oxygen atoms in total. The van der Waals surface area contributed by atoms with Crippen molar-refractivity contribution in [3.05, 3.63) is 0 Å². The second-order valence-corrected chi connectivity index (χ2v) is 4.52. The zero-order valence-electron chi connectivity index (χ0n) is 11.6. The molecule has 0 spiro atoms. The van der Waals surface area contributed by atoms with Crippen LogP contribution in [0.5, 0.6) is 0 Å². The van der Waals surface area contributed by atoms with Crippen LogP contribution in [0, 0.1) is 0 Å². The maximum absolute atomic E-state index is 11.7. The minimum Gasteiger partial charge on any atom is -0.352 e. The highest BCUT2D eigenvalue weighted by molar-refractivity contribution is 5.83. The minimum atomic E-state index is -0.0638. The van der Waals surface area contributed by atoms with Crippen molar-refractivity contribution in [2.24, 2.45) is 0 Å². The zero-order chi connectivity index (χ0) is 13.3. The van der Waals surface area contributed by atoms with E-state index in [9.17, 15) is 9.59 Å². The van der Waals surface area contributed by atoms with Crippen molar-refractivity contribution in [3.63, 3.8) is 0 Å². The maximum Gasteiger partial charge on any atom is 0.239 e. The summed E-state index contributed by atoms with van der Waals surface area (Å²) in [5, 5.41) is 2.87. The van der Waals surface area contributed by atoms with Crippen LogP contribution in [0.2, 0.25) is 0 Å². The Hall–Kier alpha value is -1.06. The number of hydrogen-bond acceptors (Lipinski definition) is 2. The lowest BCUT2D eigenvalue weighted by Crippen LogP contribution is -2.42. The van der Waals surface area contributed by atoms with Crippen molar-refractivity contribution in [2.45, 2.75) is 59.4 Å². The third-order valence-electron chi connectivity index (χ3n) is 2.83. The quantitative estimate of drug-likeness (QED) is 0.661. The standard InChI is InChI=1S/C13H26N2O2/c1-5-7-8-9-15(12(4)16)10-13(17)14-11(3)6-2/h11H,5-10H2,1-4H3,(H,14,17). The lowest BCUT2D eigenvalue weighted by Gasteiger charge is -2.21. The van der Waals surface area contributed by atoms with Crippen LogP contribution in [-0.4, -0.2) is 35.8 Å². The smallest absolute Gasteiger partial charge is 0.239 e. The van der Waals surface area contributed by atoms with E-state index in [1.165, 1.54) is 6.92 Å². The van der Waals surface area contributed by atoms with Crippen LogP contribution in [0.25, 0.3) is 0 Å². The van der Waals surface area contributed by atoms with Crippen LogP contribution in [0.3, 0.4) is 0 Å². The summed E-state index contributed by atoms with van der Waals surface area (Å²) in [6, 6.07) is 0.173. The van der Waals surface area contributed by atoms with Gasteiger partial charge in [-0.05, 0) is 19.8 Å². The number of carbonyl (C=O) groups is 2. The van der Waals surface area contributed by atoms with E-state index < -0.39 is 0 Å². The van der Waals surface area contributed by atoms with Crippen LogP contribution in [0.1, 0.15) is 53.4 Å². The van der Waals surface area contributed by atoms with Gasteiger partial charge in [0, 0.05) is 19.5 Å². The van der Waals surface area contributed by atoms with Crippen molar-refractivity contribution < 1.29 is 9.59 Å². The molecule has 100 valence electrons. The van der Waals surface area contributed by atoms with Crippen molar-refractivity contribution in [2.75, 3.05) is 13.1 Å². The molecule has 0 saturated carbocycles. The SMILES string of the molecule is CCCCCN(CC(=O)NC(C)CC)C(C)=O. The summed E-state index contributed by atoms with van der Waals surface area (Å²) in [7, 11) is 0. The third kappa shape index (κ3) is 7.77. The fraction of sp³-hybridized carbons (Fsp3) is 0.846. The molecule has 17 heavy (non-hydrogen) atoms. The molecular formula is C13H26N2O2. The average molecular weight is 242 g/mol. The number of amides is 2. The third-order valence-corrected chi connectivity index (χ3v) is 2.83. The van der Waals surface area contributed by atoms with Gasteiger partial charge in [0.25, 0.3) is 0 Å². The van der Waals surface area contributed by atoms with E-state index >= 15 is 0 Å². The molecular weight excluding hydrogens is 216 g/mol. The molecule has 1 atom stereocenters. The molecule has 0 aliphatic rings. The van der Waals surface area contributed by atoms with Gasteiger partial charge >= 0.3 is 0 Å². The summed E-state index contributed by atoms with van der Waals surface area (Å²) in [4.78, 5) is 24.6. The molecule has 0 aromatic rings. The first kappa shape index (κ1) is 15.9. The van der Waals surface area contributed by atoms with E-state index in [1.807, 2.05) is 13.8 Å². The van der Waals surface area contributed by atoms with Gasteiger partial charge in [0.15, 0.2) is 0 Å². The maximum atomic E-state index is 11.7. The molecule has 0 aliphatic carbocycles. The molecule has 0 aromatic carbocycles. The van der Waals surface area contributed by atoms with Gasteiger partial charge in [-0.3, -0.25) is 9.59 Å². The highest BCUT2D eigenvalue weighted by Gasteiger charge is 2.13. The molecule has 0 bridgehead atoms. The van der Waals surface area contributed by atoms with Gasteiger partial charge in [-0.15, -0.1) is 0 Å². The number of unbranched alkanes of at least 4 members (excludes halogenated alkanes) is 2. The molecule has 0 radical (unpaired) electrons. The first-order chi connectivity index (χ1) is 8.01. The highest BCUT2D eigenvalue weighted by atomic mass is 16.2. The summed E-state index contributed by atoms with van der Waals surface area (Å²) in [6.07, 6.45) is 4.08. The highest BCUT2D eigenvalue weighted by Crippen LogP contribution is 1.99. The normalized spacial score (nSPS) is 12.0. The van der Waals surface area contributed by atoms with E-state index in [2.05, 4.69) is 12.2 Å². The van der Waals surface area contributed by atoms with Crippen molar-refractivity contribution in [1.82, 2.24) is 10.2 Å². The first-order valence-electron chi connectivity index (χ1n) is 6.56. The topological polar surface area (TPSA) is 49.4 Å². The predicted octanol–water partition coefficient (Wildman–Crippen LogP) is 1.94. The molecule has 0 heterocycles. The molecule has 4 heteroatoms. The lowest BCUT2D eigenvalue weighted by atomic mass is 10.2. The van der Waals surface area contributed by atoms with Gasteiger partial charge < -0.3 is 10.2 Å². The Kier molecular flexibility index (Phi) is 8.46. The molecule has 0 rings (SSSR count). The van der Waals surface area contributed by atoms with Crippen molar-refractivity contribution >= 4 is 11.8 Å².